The lowest BCUT2D eigenvalue weighted by molar-refractivity contribution is -0.127. The Labute approximate surface area is 137 Å². The zero-order valence-corrected chi connectivity index (χ0v) is 13.1. The summed E-state index contributed by atoms with van der Waals surface area (Å²) in [4.78, 5) is 25.9. The van der Waals surface area contributed by atoms with Crippen molar-refractivity contribution in [2.45, 2.75) is 13.0 Å². The Morgan fingerprint density at radius 1 is 1.50 bits per heavy atom. The number of hydrogen-bond donors (Lipinski definition) is 0. The molecule has 2 aliphatic rings. The number of cyclic esters (lactones) is 1. The van der Waals surface area contributed by atoms with Crippen LogP contribution in [-0.2, 0) is 14.3 Å². The molecule has 2 amide bonds. The molecule has 0 aliphatic carbocycles. The molecule has 0 radical (unpaired) electrons. The summed E-state index contributed by atoms with van der Waals surface area (Å²) in [6, 6.07) is 4.44. The summed E-state index contributed by atoms with van der Waals surface area (Å²) >= 11 is 0. The smallest absolute Gasteiger partial charge is 0.414 e. The second-order valence-electron chi connectivity index (χ2n) is 5.63. The number of anilines is 2. The molecule has 0 spiro atoms. The molecule has 3 rings (SSSR count). The molecule has 8 nitrogen and oxygen atoms in total. The van der Waals surface area contributed by atoms with Gasteiger partial charge in [0.1, 0.15) is 18.7 Å². The van der Waals surface area contributed by atoms with Crippen LogP contribution in [0.3, 0.4) is 0 Å². The SMILES string of the molecule is CC(=O)N([O-])C[C@@H]1CN(c2ccc(N3CCOC3)c(F)c2)C(=O)O1. The van der Waals surface area contributed by atoms with Crippen molar-refractivity contribution >= 4 is 23.4 Å². The molecule has 24 heavy (non-hydrogen) atoms. The number of halogens is 1. The van der Waals surface area contributed by atoms with Crippen molar-refractivity contribution in [1.82, 2.24) is 5.06 Å². The Kier molecular flexibility index (Phi) is 4.54. The predicted molar refractivity (Wildman–Crippen MR) is 82.9 cm³/mol. The van der Waals surface area contributed by atoms with Crippen molar-refractivity contribution < 1.29 is 23.5 Å². The van der Waals surface area contributed by atoms with E-state index in [1.54, 1.807) is 17.0 Å². The third-order valence-corrected chi connectivity index (χ3v) is 3.93. The molecular formula is C15H17FN3O5-. The second kappa shape index (κ2) is 6.62. The fourth-order valence-corrected chi connectivity index (χ4v) is 2.67. The minimum atomic E-state index is -0.742. The van der Waals surface area contributed by atoms with Crippen molar-refractivity contribution in [3.05, 3.63) is 29.2 Å². The minimum absolute atomic E-state index is 0.0798. The van der Waals surface area contributed by atoms with Crippen LogP contribution in [0.5, 0.6) is 0 Å². The highest BCUT2D eigenvalue weighted by Crippen LogP contribution is 2.28. The number of benzene rings is 1. The normalized spacial score (nSPS) is 20.5. The van der Waals surface area contributed by atoms with Gasteiger partial charge in [-0.3, -0.25) is 9.69 Å². The van der Waals surface area contributed by atoms with Gasteiger partial charge in [0.15, 0.2) is 0 Å². The van der Waals surface area contributed by atoms with Gasteiger partial charge in [0.25, 0.3) is 0 Å². The van der Waals surface area contributed by atoms with E-state index in [0.717, 1.165) is 6.92 Å². The molecule has 2 heterocycles. The van der Waals surface area contributed by atoms with Crippen molar-refractivity contribution in [2.24, 2.45) is 0 Å². The lowest BCUT2D eigenvalue weighted by atomic mass is 10.2. The van der Waals surface area contributed by atoms with Crippen molar-refractivity contribution in [3.63, 3.8) is 0 Å². The molecule has 9 heteroatoms. The van der Waals surface area contributed by atoms with Crippen LogP contribution < -0.4 is 9.80 Å². The zero-order valence-electron chi connectivity index (χ0n) is 13.1. The molecule has 2 saturated heterocycles. The maximum absolute atomic E-state index is 14.3. The molecule has 0 unspecified atom stereocenters. The van der Waals surface area contributed by atoms with Crippen molar-refractivity contribution in [1.29, 1.82) is 0 Å². The van der Waals surface area contributed by atoms with Crippen LogP contribution in [0.15, 0.2) is 18.2 Å². The maximum atomic E-state index is 14.3. The van der Waals surface area contributed by atoms with Crippen LogP contribution in [0.4, 0.5) is 20.6 Å². The topological polar surface area (TPSA) is 85.4 Å². The van der Waals surface area contributed by atoms with E-state index in [-0.39, 0.29) is 18.2 Å². The summed E-state index contributed by atoms with van der Waals surface area (Å²) in [6.07, 6.45) is -1.41. The van der Waals surface area contributed by atoms with Gasteiger partial charge in [-0.15, -0.1) is 0 Å². The largest absolute Gasteiger partial charge is 0.756 e. The number of carbonyl (C=O) groups excluding carboxylic acids is 2. The van der Waals surface area contributed by atoms with Crippen LogP contribution in [0.2, 0.25) is 0 Å². The first-order valence-corrected chi connectivity index (χ1v) is 7.51. The van der Waals surface area contributed by atoms with Crippen molar-refractivity contribution in [2.75, 3.05) is 42.8 Å². The standard InChI is InChI=1S/C15H17FN3O5/c1-10(20)19(22)8-12-7-18(15(21)24-12)11-2-3-14(13(16)6-11)17-4-5-23-9-17/h2-3,6,12H,4-5,7-9H2,1H3/q-1/t12-/m0/s1. The first-order chi connectivity index (χ1) is 11.5. The fraction of sp³-hybridized carbons (Fsp3) is 0.467. The third-order valence-electron chi connectivity index (χ3n) is 3.93. The van der Waals surface area contributed by atoms with E-state index in [4.69, 9.17) is 9.47 Å². The van der Waals surface area contributed by atoms with Gasteiger partial charge in [0.2, 0.25) is 5.91 Å². The van der Waals surface area contributed by atoms with E-state index in [1.807, 2.05) is 0 Å². The molecule has 0 aromatic heterocycles. The minimum Gasteiger partial charge on any atom is -0.756 e. The molecule has 130 valence electrons. The van der Waals surface area contributed by atoms with E-state index >= 15 is 0 Å². The Bertz CT molecular complexity index is 650. The predicted octanol–water partition coefficient (Wildman–Crippen LogP) is 1.29. The Balaban J connectivity index is 1.71. The molecule has 1 aromatic rings. The van der Waals surface area contributed by atoms with Gasteiger partial charge in [-0.2, -0.15) is 0 Å². The van der Waals surface area contributed by atoms with E-state index in [0.29, 0.717) is 31.3 Å². The average molecular weight is 338 g/mol. The van der Waals surface area contributed by atoms with Gasteiger partial charge in [0.05, 0.1) is 24.5 Å². The van der Waals surface area contributed by atoms with Crippen molar-refractivity contribution in [3.8, 4) is 0 Å². The molecule has 2 aliphatic heterocycles. The Hall–Kier alpha value is -2.39. The number of rotatable bonds is 4. The molecule has 0 N–H and O–H groups in total. The van der Waals surface area contributed by atoms with E-state index in [2.05, 4.69) is 0 Å². The van der Waals surface area contributed by atoms with E-state index < -0.39 is 23.9 Å². The summed E-state index contributed by atoms with van der Waals surface area (Å²) in [7, 11) is 0. The lowest BCUT2D eigenvalue weighted by Crippen LogP contribution is -2.34. The summed E-state index contributed by atoms with van der Waals surface area (Å²) < 4.78 is 24.6. The number of ether oxygens (including phenoxy) is 2. The average Bonchev–Trinajstić information content (AvgIpc) is 3.17. The van der Waals surface area contributed by atoms with Crippen LogP contribution >= 0.6 is 0 Å². The van der Waals surface area contributed by atoms with Gasteiger partial charge in [0, 0.05) is 20.0 Å². The number of carbonyl (C=O) groups is 2. The number of hydroxylamine groups is 2. The van der Waals surface area contributed by atoms with Crippen LogP contribution in [0.25, 0.3) is 0 Å². The Morgan fingerprint density at radius 2 is 2.29 bits per heavy atom. The molecule has 0 saturated carbocycles. The molecule has 1 aromatic carbocycles. The Morgan fingerprint density at radius 3 is 2.92 bits per heavy atom. The van der Waals surface area contributed by atoms with Gasteiger partial charge >= 0.3 is 6.09 Å². The molecule has 2 fully saturated rings. The second-order valence-corrected chi connectivity index (χ2v) is 5.63. The molecule has 1 atom stereocenters. The number of amides is 2. The summed E-state index contributed by atoms with van der Waals surface area (Å²) in [5.74, 6) is -1.13. The maximum Gasteiger partial charge on any atom is 0.414 e. The van der Waals surface area contributed by atoms with E-state index in [1.165, 1.54) is 11.0 Å². The summed E-state index contributed by atoms with van der Waals surface area (Å²) in [5, 5.41) is 11.6. The first kappa shape index (κ1) is 16.5. The molecule has 0 bridgehead atoms. The van der Waals surface area contributed by atoms with Gasteiger partial charge in [-0.25, -0.2) is 9.18 Å². The van der Waals surface area contributed by atoms with E-state index in [9.17, 15) is 19.2 Å². The van der Waals surface area contributed by atoms with Crippen LogP contribution in [0.1, 0.15) is 6.92 Å². The van der Waals surface area contributed by atoms with Gasteiger partial charge < -0.3 is 24.6 Å². The highest BCUT2D eigenvalue weighted by molar-refractivity contribution is 5.90. The highest BCUT2D eigenvalue weighted by atomic mass is 19.1. The third kappa shape index (κ3) is 3.26. The van der Waals surface area contributed by atoms with Crippen LogP contribution in [0, 0.1) is 11.0 Å². The number of nitrogens with zero attached hydrogens (tertiary/aromatic N) is 3. The van der Waals surface area contributed by atoms with Gasteiger partial charge in [-0.05, 0) is 18.2 Å². The number of hydrogen-bond acceptors (Lipinski definition) is 6. The lowest BCUT2D eigenvalue weighted by Gasteiger charge is -2.28. The first-order valence-electron chi connectivity index (χ1n) is 7.51. The fourth-order valence-electron chi connectivity index (χ4n) is 2.67. The summed E-state index contributed by atoms with van der Waals surface area (Å²) in [5.41, 5.74) is 0.742. The zero-order chi connectivity index (χ0) is 17.3. The molecular weight excluding hydrogens is 321 g/mol. The monoisotopic (exact) mass is 338 g/mol. The highest BCUT2D eigenvalue weighted by Gasteiger charge is 2.33. The summed E-state index contributed by atoms with van der Waals surface area (Å²) in [6.45, 7) is 2.45. The quantitative estimate of drug-likeness (QED) is 0.769. The van der Waals surface area contributed by atoms with Crippen LogP contribution in [-0.4, -0.2) is 56.1 Å². The van der Waals surface area contributed by atoms with Gasteiger partial charge in [-0.1, -0.05) is 0 Å².